The van der Waals surface area contributed by atoms with Crippen LogP contribution in [-0.4, -0.2) is 40.2 Å². The van der Waals surface area contributed by atoms with Gasteiger partial charge >= 0.3 is 5.97 Å². The van der Waals surface area contributed by atoms with Crippen molar-refractivity contribution in [1.82, 2.24) is 14.5 Å². The van der Waals surface area contributed by atoms with E-state index in [9.17, 15) is 4.79 Å². The van der Waals surface area contributed by atoms with E-state index in [1.807, 2.05) is 11.5 Å². The van der Waals surface area contributed by atoms with Gasteiger partial charge < -0.3 is 14.2 Å². The number of piperidine rings is 1. The van der Waals surface area contributed by atoms with Gasteiger partial charge in [-0.1, -0.05) is 13.0 Å². The maximum Gasteiger partial charge on any atom is 0.358 e. The fourth-order valence-electron chi connectivity index (χ4n) is 3.88. The van der Waals surface area contributed by atoms with Gasteiger partial charge in [0.25, 0.3) is 0 Å². The number of imidazole rings is 1. The van der Waals surface area contributed by atoms with Crippen LogP contribution in [0, 0.1) is 24.7 Å². The average Bonchev–Trinajstić information content (AvgIpc) is 3.03. The summed E-state index contributed by atoms with van der Waals surface area (Å²) in [4.78, 5) is 23.0. The standard InChI is InChI=1S/C19H24N4O2/c1-4-25-19(24)17-10-22(11-20-17)7-14-5-6-18(21-13(14)3)23-8-15-12(2)16(15)9-23/h5-6,10-12,15-16H,4,7-9H2,1-3H3/t12?,15-,16+. The zero-order valence-corrected chi connectivity index (χ0v) is 15.0. The third-order valence-corrected chi connectivity index (χ3v) is 5.60. The number of aryl methyl sites for hydroxylation is 1. The number of esters is 1. The van der Waals surface area contributed by atoms with Crippen molar-refractivity contribution in [2.75, 3.05) is 24.6 Å². The van der Waals surface area contributed by atoms with Crippen molar-refractivity contribution in [3.8, 4) is 0 Å². The fourth-order valence-corrected chi connectivity index (χ4v) is 3.88. The quantitative estimate of drug-likeness (QED) is 0.783. The number of hydrogen-bond donors (Lipinski definition) is 0. The summed E-state index contributed by atoms with van der Waals surface area (Å²) in [5, 5.41) is 0. The highest BCUT2D eigenvalue weighted by atomic mass is 16.5. The molecule has 0 amide bonds. The zero-order valence-electron chi connectivity index (χ0n) is 15.0. The molecule has 1 unspecified atom stereocenters. The molecule has 1 saturated carbocycles. The molecular formula is C19H24N4O2. The van der Waals surface area contributed by atoms with Gasteiger partial charge in [-0.25, -0.2) is 14.8 Å². The minimum Gasteiger partial charge on any atom is -0.461 e. The van der Waals surface area contributed by atoms with Crippen molar-refractivity contribution < 1.29 is 9.53 Å². The molecule has 1 saturated heterocycles. The Morgan fingerprint density at radius 3 is 2.76 bits per heavy atom. The number of hydrogen-bond acceptors (Lipinski definition) is 5. The number of fused-ring (bicyclic) bond motifs is 1. The Kier molecular flexibility index (Phi) is 3.98. The average molecular weight is 340 g/mol. The molecule has 6 heteroatoms. The highest BCUT2D eigenvalue weighted by Gasteiger charge is 2.52. The second-order valence-electron chi connectivity index (χ2n) is 7.16. The lowest BCUT2D eigenvalue weighted by molar-refractivity contribution is 0.0520. The van der Waals surface area contributed by atoms with E-state index in [0.29, 0.717) is 18.8 Å². The van der Waals surface area contributed by atoms with Crippen molar-refractivity contribution in [3.05, 3.63) is 41.6 Å². The molecule has 0 bridgehead atoms. The first-order valence-corrected chi connectivity index (χ1v) is 8.97. The second kappa shape index (κ2) is 6.17. The number of anilines is 1. The van der Waals surface area contributed by atoms with E-state index in [-0.39, 0.29) is 5.97 Å². The summed E-state index contributed by atoms with van der Waals surface area (Å²) < 4.78 is 6.87. The van der Waals surface area contributed by atoms with Crippen molar-refractivity contribution >= 4 is 11.8 Å². The molecule has 2 aromatic heterocycles. The predicted molar refractivity (Wildman–Crippen MR) is 94.6 cm³/mol. The Hall–Kier alpha value is -2.37. The molecule has 2 fully saturated rings. The van der Waals surface area contributed by atoms with Crippen LogP contribution in [0.3, 0.4) is 0 Å². The largest absolute Gasteiger partial charge is 0.461 e. The second-order valence-corrected chi connectivity index (χ2v) is 7.16. The third-order valence-electron chi connectivity index (χ3n) is 5.60. The fraction of sp³-hybridized carbons (Fsp3) is 0.526. The number of carbonyl (C=O) groups is 1. The molecule has 0 aromatic carbocycles. The zero-order chi connectivity index (χ0) is 17.6. The number of aromatic nitrogens is 3. The van der Waals surface area contributed by atoms with Crippen molar-refractivity contribution in [2.24, 2.45) is 17.8 Å². The number of carbonyl (C=O) groups excluding carboxylic acids is 1. The van der Waals surface area contributed by atoms with Crippen LogP contribution in [0.1, 0.15) is 35.6 Å². The molecule has 6 nitrogen and oxygen atoms in total. The molecule has 0 radical (unpaired) electrons. The van der Waals surface area contributed by atoms with E-state index in [1.54, 1.807) is 19.4 Å². The molecule has 132 valence electrons. The molecule has 2 aromatic rings. The topological polar surface area (TPSA) is 60.2 Å². The lowest BCUT2D eigenvalue weighted by Gasteiger charge is -2.21. The van der Waals surface area contributed by atoms with Gasteiger partial charge in [-0.3, -0.25) is 0 Å². The van der Waals surface area contributed by atoms with Gasteiger partial charge in [0.2, 0.25) is 0 Å². The Labute approximate surface area is 147 Å². The number of pyridine rings is 1. The lowest BCUT2D eigenvalue weighted by Crippen LogP contribution is -2.24. The first-order chi connectivity index (χ1) is 12.1. The van der Waals surface area contributed by atoms with Crippen molar-refractivity contribution in [2.45, 2.75) is 27.3 Å². The molecule has 1 aliphatic heterocycles. The minimum atomic E-state index is -0.381. The van der Waals surface area contributed by atoms with E-state index in [0.717, 1.165) is 47.9 Å². The van der Waals surface area contributed by atoms with Gasteiger partial charge in [0.05, 0.1) is 19.5 Å². The summed E-state index contributed by atoms with van der Waals surface area (Å²) in [6.45, 7) is 9.46. The molecular weight excluding hydrogens is 316 g/mol. The third kappa shape index (κ3) is 3.01. The van der Waals surface area contributed by atoms with E-state index in [4.69, 9.17) is 9.72 Å². The number of nitrogens with zero attached hydrogens (tertiary/aromatic N) is 4. The highest BCUT2D eigenvalue weighted by Crippen LogP contribution is 2.51. The van der Waals surface area contributed by atoms with Crippen LogP contribution < -0.4 is 4.90 Å². The van der Waals surface area contributed by atoms with Crippen LogP contribution >= 0.6 is 0 Å². The van der Waals surface area contributed by atoms with Crippen molar-refractivity contribution in [3.63, 3.8) is 0 Å². The lowest BCUT2D eigenvalue weighted by atomic mass is 10.2. The van der Waals surface area contributed by atoms with Gasteiger partial charge in [-0.2, -0.15) is 0 Å². The molecule has 3 heterocycles. The van der Waals surface area contributed by atoms with E-state index in [1.165, 1.54) is 0 Å². The van der Waals surface area contributed by atoms with Gasteiger partial charge in [0.1, 0.15) is 5.82 Å². The minimum absolute atomic E-state index is 0.342. The Morgan fingerprint density at radius 2 is 2.08 bits per heavy atom. The molecule has 1 aliphatic carbocycles. The Morgan fingerprint density at radius 1 is 1.32 bits per heavy atom. The van der Waals surface area contributed by atoms with E-state index in [2.05, 4.69) is 28.9 Å². The first-order valence-electron chi connectivity index (χ1n) is 8.97. The molecule has 4 rings (SSSR count). The monoisotopic (exact) mass is 340 g/mol. The van der Waals surface area contributed by atoms with Gasteiger partial charge in [-0.15, -0.1) is 0 Å². The first kappa shape index (κ1) is 16.1. The summed E-state index contributed by atoms with van der Waals surface area (Å²) in [5.74, 6) is 3.33. The van der Waals surface area contributed by atoms with Gasteiger partial charge in [0.15, 0.2) is 5.69 Å². The maximum absolute atomic E-state index is 11.7. The van der Waals surface area contributed by atoms with Crippen LogP contribution in [0.5, 0.6) is 0 Å². The number of rotatable bonds is 5. The van der Waals surface area contributed by atoms with Crippen LogP contribution in [-0.2, 0) is 11.3 Å². The van der Waals surface area contributed by atoms with Gasteiger partial charge in [0, 0.05) is 25.0 Å². The molecule has 0 spiro atoms. The maximum atomic E-state index is 11.7. The molecule has 25 heavy (non-hydrogen) atoms. The SMILES string of the molecule is CCOC(=O)c1cn(Cc2ccc(N3C[C@@H]4C(C)[C@@H]4C3)nc2C)cn1. The van der Waals surface area contributed by atoms with E-state index >= 15 is 0 Å². The summed E-state index contributed by atoms with van der Waals surface area (Å²) in [6.07, 6.45) is 3.38. The Bertz CT molecular complexity index is 788. The van der Waals surface area contributed by atoms with Crippen LogP contribution in [0.25, 0.3) is 0 Å². The highest BCUT2D eigenvalue weighted by molar-refractivity contribution is 5.86. The van der Waals surface area contributed by atoms with Crippen molar-refractivity contribution in [1.29, 1.82) is 0 Å². The van der Waals surface area contributed by atoms with Crippen LogP contribution in [0.2, 0.25) is 0 Å². The molecule has 2 aliphatic rings. The molecule has 0 N–H and O–H groups in total. The predicted octanol–water partition coefficient (Wildman–Crippen LogP) is 2.51. The smallest absolute Gasteiger partial charge is 0.358 e. The normalized spacial score (nSPS) is 24.3. The Balaban J connectivity index is 1.44. The number of ether oxygens (including phenoxy) is 1. The molecule has 3 atom stereocenters. The summed E-state index contributed by atoms with van der Waals surface area (Å²) in [6, 6.07) is 4.25. The van der Waals surface area contributed by atoms with Crippen LogP contribution in [0.15, 0.2) is 24.7 Å². The summed E-state index contributed by atoms with van der Waals surface area (Å²) in [5.41, 5.74) is 2.50. The summed E-state index contributed by atoms with van der Waals surface area (Å²) >= 11 is 0. The van der Waals surface area contributed by atoms with Gasteiger partial charge in [-0.05, 0) is 43.2 Å². The summed E-state index contributed by atoms with van der Waals surface area (Å²) in [7, 11) is 0. The van der Waals surface area contributed by atoms with Crippen LogP contribution in [0.4, 0.5) is 5.82 Å². The van der Waals surface area contributed by atoms with E-state index < -0.39 is 0 Å².